The molecular formula is C72H50N2. The molecule has 0 radical (unpaired) electrons. The Morgan fingerprint density at radius 2 is 0.811 bits per heavy atom. The number of nitrogens with zero attached hydrogens (tertiary/aromatic N) is 2. The molecule has 0 saturated carbocycles. The maximum absolute atomic E-state index is 2.62. The van der Waals surface area contributed by atoms with E-state index in [4.69, 9.17) is 0 Å². The molecule has 348 valence electrons. The van der Waals surface area contributed by atoms with Crippen molar-refractivity contribution in [3.63, 3.8) is 0 Å². The van der Waals surface area contributed by atoms with Crippen molar-refractivity contribution in [1.82, 2.24) is 0 Å². The SMILES string of the molecule is C1=CC2c3c(cc(N(c4ccccc4)c4cccc5c4C(c4ccccc4)(c4ccccc4)c4ccccc4-5)c4ccccc34)C3(c4ccccc4-c4cc(N(c5ccccc5)c5ccccc5)ccc43)C2C=C1. The topological polar surface area (TPSA) is 6.48 Å². The minimum absolute atomic E-state index is 0.137. The van der Waals surface area contributed by atoms with Crippen LogP contribution < -0.4 is 9.80 Å². The fourth-order valence-corrected chi connectivity index (χ4v) is 14.1. The van der Waals surface area contributed by atoms with Gasteiger partial charge in [-0.3, -0.25) is 0 Å². The highest BCUT2D eigenvalue weighted by atomic mass is 15.2. The van der Waals surface area contributed by atoms with Crippen molar-refractivity contribution in [2.45, 2.75) is 16.7 Å². The van der Waals surface area contributed by atoms with E-state index in [2.05, 4.69) is 301 Å². The first kappa shape index (κ1) is 42.4. The Labute approximate surface area is 433 Å². The van der Waals surface area contributed by atoms with E-state index in [1.54, 1.807) is 0 Å². The maximum Gasteiger partial charge on any atom is 0.0734 e. The van der Waals surface area contributed by atoms with E-state index in [-0.39, 0.29) is 11.8 Å². The zero-order chi connectivity index (χ0) is 48.8. The zero-order valence-corrected chi connectivity index (χ0v) is 40.8. The summed E-state index contributed by atoms with van der Waals surface area (Å²) in [6.45, 7) is 0. The Morgan fingerprint density at radius 1 is 0.311 bits per heavy atom. The van der Waals surface area contributed by atoms with Gasteiger partial charge >= 0.3 is 0 Å². The molecule has 0 heterocycles. The largest absolute Gasteiger partial charge is 0.310 e. The summed E-state index contributed by atoms with van der Waals surface area (Å²) in [5.41, 5.74) is 21.4. The second kappa shape index (κ2) is 16.7. The summed E-state index contributed by atoms with van der Waals surface area (Å²) in [7, 11) is 0. The number of para-hydroxylation sites is 3. The lowest BCUT2D eigenvalue weighted by molar-refractivity contribution is 0.466. The molecule has 11 aromatic carbocycles. The summed E-state index contributed by atoms with van der Waals surface area (Å²) in [5.74, 6) is 0.292. The van der Waals surface area contributed by atoms with Crippen LogP contribution in [-0.4, -0.2) is 0 Å². The van der Waals surface area contributed by atoms with Crippen LogP contribution in [0, 0.1) is 5.92 Å². The van der Waals surface area contributed by atoms with Gasteiger partial charge in [0.1, 0.15) is 0 Å². The normalized spacial score (nSPS) is 17.8. The van der Waals surface area contributed by atoms with Gasteiger partial charge in [-0.05, 0) is 127 Å². The van der Waals surface area contributed by atoms with Gasteiger partial charge in [0.05, 0.1) is 22.2 Å². The summed E-state index contributed by atoms with van der Waals surface area (Å²) in [6.07, 6.45) is 9.58. The van der Waals surface area contributed by atoms with Gasteiger partial charge in [-0.1, -0.05) is 231 Å². The molecule has 0 amide bonds. The molecule has 0 aromatic heterocycles. The van der Waals surface area contributed by atoms with Crippen molar-refractivity contribution in [2.24, 2.45) is 5.92 Å². The number of hydrogen-bond donors (Lipinski definition) is 0. The van der Waals surface area contributed by atoms with Gasteiger partial charge in [0.2, 0.25) is 0 Å². The summed E-state index contributed by atoms with van der Waals surface area (Å²) >= 11 is 0. The number of hydrogen-bond acceptors (Lipinski definition) is 2. The second-order valence-corrected chi connectivity index (χ2v) is 20.2. The average molecular weight is 943 g/mol. The molecule has 4 aliphatic rings. The van der Waals surface area contributed by atoms with Gasteiger partial charge in [-0.25, -0.2) is 0 Å². The molecular weight excluding hydrogens is 893 g/mol. The Balaban J connectivity index is 1.04. The van der Waals surface area contributed by atoms with Gasteiger partial charge in [0, 0.05) is 45.5 Å². The number of anilines is 6. The second-order valence-electron chi connectivity index (χ2n) is 20.2. The van der Waals surface area contributed by atoms with E-state index in [0.717, 1.165) is 34.1 Å². The highest BCUT2D eigenvalue weighted by molar-refractivity contribution is 6.06. The number of allylic oxidation sites excluding steroid dienone is 4. The fourth-order valence-electron chi connectivity index (χ4n) is 14.1. The van der Waals surface area contributed by atoms with Crippen molar-refractivity contribution in [3.8, 4) is 22.3 Å². The van der Waals surface area contributed by atoms with E-state index in [1.807, 2.05) is 0 Å². The van der Waals surface area contributed by atoms with Crippen molar-refractivity contribution in [3.05, 3.63) is 336 Å². The molecule has 15 rings (SSSR count). The van der Waals surface area contributed by atoms with Crippen molar-refractivity contribution < 1.29 is 0 Å². The maximum atomic E-state index is 2.62. The van der Waals surface area contributed by atoms with Crippen molar-refractivity contribution in [2.75, 3.05) is 9.80 Å². The molecule has 0 saturated heterocycles. The molecule has 4 aliphatic carbocycles. The molecule has 0 aliphatic heterocycles. The summed E-state index contributed by atoms with van der Waals surface area (Å²) in [5, 5.41) is 2.53. The monoisotopic (exact) mass is 942 g/mol. The first-order chi connectivity index (χ1) is 36.8. The van der Waals surface area contributed by atoms with Gasteiger partial charge in [-0.15, -0.1) is 0 Å². The summed E-state index contributed by atoms with van der Waals surface area (Å²) in [4.78, 5) is 5.01. The molecule has 11 aromatic rings. The first-order valence-corrected chi connectivity index (χ1v) is 26.0. The number of benzene rings is 11. The zero-order valence-electron chi connectivity index (χ0n) is 40.8. The highest BCUT2D eigenvalue weighted by Gasteiger charge is 2.58. The van der Waals surface area contributed by atoms with E-state index in [9.17, 15) is 0 Å². The summed E-state index contributed by atoms with van der Waals surface area (Å²) < 4.78 is 0. The highest BCUT2D eigenvalue weighted by Crippen LogP contribution is 2.68. The molecule has 0 N–H and O–H groups in total. The van der Waals surface area contributed by atoms with E-state index in [0.29, 0.717) is 0 Å². The minimum atomic E-state index is -0.620. The average Bonchev–Trinajstić information content (AvgIpc) is 4.08. The van der Waals surface area contributed by atoms with Gasteiger partial charge in [0.15, 0.2) is 0 Å². The van der Waals surface area contributed by atoms with Crippen molar-refractivity contribution in [1.29, 1.82) is 0 Å². The lowest BCUT2D eigenvalue weighted by Crippen LogP contribution is -2.33. The van der Waals surface area contributed by atoms with Gasteiger partial charge < -0.3 is 9.80 Å². The Bertz CT molecular complexity index is 3950. The van der Waals surface area contributed by atoms with Crippen LogP contribution in [0.25, 0.3) is 33.0 Å². The van der Waals surface area contributed by atoms with Crippen LogP contribution in [0.3, 0.4) is 0 Å². The third-order valence-electron chi connectivity index (χ3n) is 16.8. The standard InChI is InChI=1S/C72H50N2/c1-6-25-49(26-7-1)71(50-27-8-2-9-28-50)62-41-21-18-35-55(62)59-40-24-44-67(70(59)71)74(53-33-14-5-15-34-53)68-48-66-69(58-38-17-16-37-57(58)68)60-39-20-23-43-64(60)72(66)63-42-22-19-36-56(63)61-47-54(45-46-65(61)72)73(51-29-10-3-11-30-51)52-31-12-4-13-32-52/h1-48,60,64H. The van der Waals surface area contributed by atoms with E-state index >= 15 is 0 Å². The predicted molar refractivity (Wildman–Crippen MR) is 307 cm³/mol. The summed E-state index contributed by atoms with van der Waals surface area (Å²) in [6, 6.07) is 99.7. The van der Waals surface area contributed by atoms with Crippen LogP contribution in [0.4, 0.5) is 34.1 Å². The molecule has 0 fully saturated rings. The van der Waals surface area contributed by atoms with Crippen LogP contribution in [0.5, 0.6) is 0 Å². The Kier molecular flexibility index (Phi) is 9.56. The van der Waals surface area contributed by atoms with Crippen LogP contribution in [0.1, 0.15) is 50.4 Å². The predicted octanol–water partition coefficient (Wildman–Crippen LogP) is 18.3. The van der Waals surface area contributed by atoms with Gasteiger partial charge in [-0.2, -0.15) is 0 Å². The van der Waals surface area contributed by atoms with Crippen LogP contribution in [-0.2, 0) is 10.8 Å². The molecule has 3 atom stereocenters. The third kappa shape index (κ3) is 5.88. The quantitative estimate of drug-likeness (QED) is 0.150. The van der Waals surface area contributed by atoms with Crippen LogP contribution in [0.2, 0.25) is 0 Å². The van der Waals surface area contributed by atoms with E-state index < -0.39 is 10.8 Å². The molecule has 2 heteroatoms. The van der Waals surface area contributed by atoms with E-state index in [1.165, 1.54) is 77.5 Å². The Morgan fingerprint density at radius 3 is 1.46 bits per heavy atom. The van der Waals surface area contributed by atoms with Crippen LogP contribution in [0.15, 0.2) is 291 Å². The number of rotatable bonds is 8. The van der Waals surface area contributed by atoms with Gasteiger partial charge in [0.25, 0.3) is 0 Å². The Hall–Kier alpha value is -9.24. The first-order valence-electron chi connectivity index (χ1n) is 26.0. The molecule has 2 nitrogen and oxygen atoms in total. The molecule has 1 spiro atoms. The fraction of sp³-hybridized carbons (Fsp3) is 0.0556. The lowest BCUT2D eigenvalue weighted by Gasteiger charge is -2.39. The molecule has 74 heavy (non-hydrogen) atoms. The number of fused-ring (bicyclic) bond motifs is 15. The molecule has 3 unspecified atom stereocenters. The van der Waals surface area contributed by atoms with Crippen molar-refractivity contribution >= 4 is 44.9 Å². The van der Waals surface area contributed by atoms with Crippen LogP contribution >= 0.6 is 0 Å². The molecule has 0 bridgehead atoms. The third-order valence-corrected chi connectivity index (χ3v) is 16.8. The lowest BCUT2D eigenvalue weighted by atomic mass is 9.65. The smallest absolute Gasteiger partial charge is 0.0734 e. The minimum Gasteiger partial charge on any atom is -0.310 e.